The SMILES string of the molecule is COC(C)CN1CC2C(C1)C2c1cc(-c2cnc(N)c(OC(F)F)c2)nc(C2CC2)n1. The van der Waals surface area contributed by atoms with Crippen LogP contribution >= 0.6 is 0 Å². The largest absolute Gasteiger partial charge is 0.431 e. The molecular formula is C22H27F2N5O2. The third-order valence-electron chi connectivity index (χ3n) is 6.63. The van der Waals surface area contributed by atoms with Crippen molar-refractivity contribution in [1.29, 1.82) is 0 Å². The highest BCUT2D eigenvalue weighted by Crippen LogP contribution is 2.58. The zero-order valence-corrected chi connectivity index (χ0v) is 17.7. The minimum Gasteiger partial charge on any atom is -0.431 e. The first-order chi connectivity index (χ1) is 14.9. The van der Waals surface area contributed by atoms with Gasteiger partial charge >= 0.3 is 6.61 Å². The molecule has 0 aromatic carbocycles. The molecule has 3 fully saturated rings. The Morgan fingerprint density at radius 1 is 1.19 bits per heavy atom. The van der Waals surface area contributed by atoms with Crippen LogP contribution in [0.15, 0.2) is 18.3 Å². The van der Waals surface area contributed by atoms with Crippen LogP contribution in [-0.4, -0.2) is 59.3 Å². The van der Waals surface area contributed by atoms with E-state index in [4.69, 9.17) is 20.4 Å². The average molecular weight is 431 g/mol. The number of rotatable bonds is 8. The summed E-state index contributed by atoms with van der Waals surface area (Å²) in [5, 5.41) is 0. The summed E-state index contributed by atoms with van der Waals surface area (Å²) in [6, 6.07) is 3.47. The lowest BCUT2D eigenvalue weighted by Crippen LogP contribution is -2.32. The van der Waals surface area contributed by atoms with Crippen LogP contribution in [-0.2, 0) is 4.74 Å². The minimum absolute atomic E-state index is 0.0668. The summed E-state index contributed by atoms with van der Waals surface area (Å²) >= 11 is 0. The van der Waals surface area contributed by atoms with Gasteiger partial charge in [-0.1, -0.05) is 0 Å². The average Bonchev–Trinajstić information content (AvgIpc) is 3.66. The maximum atomic E-state index is 12.7. The minimum atomic E-state index is -2.96. The van der Waals surface area contributed by atoms with E-state index in [9.17, 15) is 8.78 Å². The standard InChI is InChI=1S/C22H27F2N5O2/c1-11(30-2)8-29-9-14-15(10-29)19(14)17-6-16(27-21(28-17)12-3-4-12)13-5-18(31-22(23)24)20(25)26-7-13/h5-7,11-12,14-15,19,22H,3-4,8-10H2,1-2H3,(H2,25,26). The van der Waals surface area contributed by atoms with Gasteiger partial charge in [-0.2, -0.15) is 8.78 Å². The van der Waals surface area contributed by atoms with Gasteiger partial charge in [0.05, 0.1) is 11.8 Å². The first-order valence-electron chi connectivity index (χ1n) is 10.8. The molecule has 1 saturated heterocycles. The number of anilines is 1. The van der Waals surface area contributed by atoms with Crippen LogP contribution in [0, 0.1) is 11.8 Å². The first kappa shape index (κ1) is 20.5. The number of aromatic nitrogens is 3. The molecule has 166 valence electrons. The summed E-state index contributed by atoms with van der Waals surface area (Å²) in [5.41, 5.74) is 8.04. The number of hydrogen-bond acceptors (Lipinski definition) is 7. The molecule has 2 aromatic rings. The van der Waals surface area contributed by atoms with E-state index in [1.807, 2.05) is 6.07 Å². The van der Waals surface area contributed by atoms with Crippen LogP contribution in [0.4, 0.5) is 14.6 Å². The lowest BCUT2D eigenvalue weighted by atomic mass is 10.1. The Morgan fingerprint density at radius 2 is 1.94 bits per heavy atom. The van der Waals surface area contributed by atoms with E-state index in [1.54, 1.807) is 13.3 Å². The Bertz CT molecular complexity index is 959. The number of halogens is 2. The predicted molar refractivity (Wildman–Crippen MR) is 111 cm³/mol. The van der Waals surface area contributed by atoms with E-state index in [1.165, 1.54) is 6.07 Å². The summed E-state index contributed by atoms with van der Waals surface area (Å²) in [6.45, 7) is 2.18. The van der Waals surface area contributed by atoms with Crippen molar-refractivity contribution >= 4 is 5.82 Å². The van der Waals surface area contributed by atoms with Crippen molar-refractivity contribution < 1.29 is 18.3 Å². The molecule has 0 bridgehead atoms. The monoisotopic (exact) mass is 431 g/mol. The van der Waals surface area contributed by atoms with Crippen LogP contribution < -0.4 is 10.5 Å². The molecule has 5 rings (SSSR count). The molecule has 9 heteroatoms. The molecule has 3 unspecified atom stereocenters. The maximum absolute atomic E-state index is 12.7. The second-order valence-corrected chi connectivity index (χ2v) is 8.91. The fraction of sp³-hybridized carbons (Fsp3) is 0.591. The highest BCUT2D eigenvalue weighted by molar-refractivity contribution is 5.64. The number of nitrogens with two attached hydrogens (primary N) is 1. The number of nitrogen functional groups attached to an aromatic ring is 1. The second-order valence-electron chi connectivity index (χ2n) is 8.91. The Labute approximate surface area is 180 Å². The molecule has 0 spiro atoms. The number of ether oxygens (including phenoxy) is 2. The normalized spacial score (nSPS) is 26.2. The smallest absolute Gasteiger partial charge is 0.387 e. The number of pyridine rings is 1. The molecule has 3 atom stereocenters. The summed E-state index contributed by atoms with van der Waals surface area (Å²) < 4.78 is 35.3. The predicted octanol–water partition coefficient (Wildman–Crippen LogP) is 3.28. The highest BCUT2D eigenvalue weighted by atomic mass is 19.3. The Morgan fingerprint density at radius 3 is 2.58 bits per heavy atom. The van der Waals surface area contributed by atoms with Crippen molar-refractivity contribution in [3.05, 3.63) is 29.8 Å². The van der Waals surface area contributed by atoms with Gasteiger partial charge in [0.1, 0.15) is 5.82 Å². The molecule has 3 aliphatic rings. The van der Waals surface area contributed by atoms with Crippen molar-refractivity contribution in [2.45, 2.75) is 44.3 Å². The van der Waals surface area contributed by atoms with Crippen LogP contribution in [0.1, 0.15) is 43.1 Å². The number of hydrogen-bond donors (Lipinski definition) is 1. The molecule has 1 aliphatic heterocycles. The second kappa shape index (κ2) is 7.94. The zero-order chi connectivity index (χ0) is 21.7. The fourth-order valence-electron chi connectivity index (χ4n) is 4.75. The summed E-state index contributed by atoms with van der Waals surface area (Å²) in [4.78, 5) is 16.1. The van der Waals surface area contributed by atoms with Gasteiger partial charge < -0.3 is 20.1 Å². The lowest BCUT2D eigenvalue weighted by Gasteiger charge is -2.22. The number of methoxy groups -OCH3 is 1. The molecule has 2 aliphatic carbocycles. The van der Waals surface area contributed by atoms with E-state index < -0.39 is 6.61 Å². The van der Waals surface area contributed by atoms with Crippen molar-refractivity contribution in [2.24, 2.45) is 11.8 Å². The lowest BCUT2D eigenvalue weighted by molar-refractivity contribution is -0.0494. The van der Waals surface area contributed by atoms with Gasteiger partial charge in [-0.05, 0) is 43.7 Å². The van der Waals surface area contributed by atoms with Crippen LogP contribution in [0.2, 0.25) is 0 Å². The van der Waals surface area contributed by atoms with Crippen LogP contribution in [0.3, 0.4) is 0 Å². The van der Waals surface area contributed by atoms with Crippen molar-refractivity contribution in [2.75, 3.05) is 32.5 Å². The van der Waals surface area contributed by atoms with Crippen molar-refractivity contribution in [3.8, 4) is 17.0 Å². The molecule has 7 nitrogen and oxygen atoms in total. The summed E-state index contributed by atoms with van der Waals surface area (Å²) in [7, 11) is 1.75. The Balaban J connectivity index is 1.39. The number of alkyl halides is 2. The van der Waals surface area contributed by atoms with Gasteiger partial charge in [-0.25, -0.2) is 15.0 Å². The van der Waals surface area contributed by atoms with E-state index >= 15 is 0 Å². The highest BCUT2D eigenvalue weighted by Gasteiger charge is 2.57. The van der Waals surface area contributed by atoms with Gasteiger partial charge in [0.15, 0.2) is 11.6 Å². The van der Waals surface area contributed by atoms with Crippen molar-refractivity contribution in [1.82, 2.24) is 19.9 Å². The molecular weight excluding hydrogens is 404 g/mol. The molecule has 3 heterocycles. The van der Waals surface area contributed by atoms with E-state index in [2.05, 4.69) is 21.5 Å². The topological polar surface area (TPSA) is 86.4 Å². The summed E-state index contributed by atoms with van der Waals surface area (Å²) in [6.07, 6.45) is 3.95. The molecule has 2 aromatic heterocycles. The summed E-state index contributed by atoms with van der Waals surface area (Å²) in [5.74, 6) is 2.65. The van der Waals surface area contributed by atoms with Crippen molar-refractivity contribution in [3.63, 3.8) is 0 Å². The van der Waals surface area contributed by atoms with Gasteiger partial charge in [0, 0.05) is 56.0 Å². The molecule has 0 amide bonds. The molecule has 31 heavy (non-hydrogen) atoms. The number of nitrogens with zero attached hydrogens (tertiary/aromatic N) is 4. The van der Waals surface area contributed by atoms with Crippen LogP contribution in [0.5, 0.6) is 5.75 Å². The first-order valence-corrected chi connectivity index (χ1v) is 10.8. The molecule has 2 N–H and O–H groups in total. The zero-order valence-electron chi connectivity index (χ0n) is 17.7. The maximum Gasteiger partial charge on any atom is 0.387 e. The molecule has 0 radical (unpaired) electrons. The number of piperidine rings is 1. The van der Waals surface area contributed by atoms with Gasteiger partial charge in [0.25, 0.3) is 0 Å². The van der Waals surface area contributed by atoms with Gasteiger partial charge in [0.2, 0.25) is 0 Å². The van der Waals surface area contributed by atoms with Gasteiger partial charge in [-0.15, -0.1) is 0 Å². The molecule has 2 saturated carbocycles. The Kier molecular flexibility index (Phi) is 5.26. The van der Waals surface area contributed by atoms with E-state index in [0.29, 0.717) is 34.9 Å². The van der Waals surface area contributed by atoms with E-state index in [-0.39, 0.29) is 17.7 Å². The quantitative estimate of drug-likeness (QED) is 0.686. The third kappa shape index (κ3) is 4.21. The fourth-order valence-corrected chi connectivity index (χ4v) is 4.75. The third-order valence-corrected chi connectivity index (χ3v) is 6.63. The Hall–Kier alpha value is -2.39. The van der Waals surface area contributed by atoms with Crippen LogP contribution in [0.25, 0.3) is 11.3 Å². The van der Waals surface area contributed by atoms with Gasteiger partial charge in [-0.3, -0.25) is 0 Å². The number of likely N-dealkylation sites (tertiary alicyclic amines) is 1. The van der Waals surface area contributed by atoms with E-state index in [0.717, 1.165) is 44.0 Å². The number of fused-ring (bicyclic) bond motifs is 1.